The Labute approximate surface area is 110 Å². The van der Waals surface area contributed by atoms with Gasteiger partial charge in [0.2, 0.25) is 0 Å². The first-order chi connectivity index (χ1) is 8.27. The van der Waals surface area contributed by atoms with Gasteiger partial charge in [0.15, 0.2) is 0 Å². The van der Waals surface area contributed by atoms with Crippen molar-refractivity contribution in [2.24, 2.45) is 5.73 Å². The molecule has 1 aromatic rings. The maximum absolute atomic E-state index is 5.74. The molecule has 0 aromatic heterocycles. The second kappa shape index (κ2) is 8.56. The average molecular weight is 252 g/mol. The van der Waals surface area contributed by atoms with Crippen molar-refractivity contribution in [2.75, 3.05) is 32.1 Å². The molecule has 0 aliphatic rings. The van der Waals surface area contributed by atoms with Crippen LogP contribution in [0, 0.1) is 0 Å². The fourth-order valence-corrected chi connectivity index (χ4v) is 2.32. The van der Waals surface area contributed by atoms with Gasteiger partial charge in [0.05, 0.1) is 0 Å². The van der Waals surface area contributed by atoms with Crippen LogP contribution in [0.3, 0.4) is 0 Å². The zero-order chi connectivity index (χ0) is 12.5. The summed E-state index contributed by atoms with van der Waals surface area (Å²) in [6, 6.07) is 8.48. The van der Waals surface area contributed by atoms with Crippen LogP contribution in [-0.2, 0) is 13.0 Å². The summed E-state index contributed by atoms with van der Waals surface area (Å²) in [6.45, 7) is 2.95. The highest BCUT2D eigenvalue weighted by Crippen LogP contribution is 2.09. The molecule has 0 spiro atoms. The van der Waals surface area contributed by atoms with E-state index in [1.165, 1.54) is 29.8 Å². The maximum Gasteiger partial charge on any atom is 0.0180 e. The molecule has 2 nitrogen and oxygen atoms in total. The molecule has 0 aliphatic heterocycles. The van der Waals surface area contributed by atoms with Crippen molar-refractivity contribution >= 4 is 11.8 Å². The van der Waals surface area contributed by atoms with Crippen LogP contribution in [0.15, 0.2) is 24.3 Å². The molecule has 0 aliphatic carbocycles. The number of nitrogens with zero attached hydrogens (tertiary/aromatic N) is 1. The van der Waals surface area contributed by atoms with E-state index in [4.69, 9.17) is 5.73 Å². The maximum atomic E-state index is 5.74. The summed E-state index contributed by atoms with van der Waals surface area (Å²) in [4.78, 5) is 2.41. The lowest BCUT2D eigenvalue weighted by Crippen LogP contribution is -2.23. The van der Waals surface area contributed by atoms with Crippen molar-refractivity contribution in [3.63, 3.8) is 0 Å². The summed E-state index contributed by atoms with van der Waals surface area (Å²) in [5.41, 5.74) is 8.42. The Bertz CT molecular complexity index is 315. The summed E-state index contributed by atoms with van der Waals surface area (Å²) in [5, 5.41) is 0. The molecule has 0 fully saturated rings. The molecule has 2 N–H and O–H groups in total. The third-order valence-electron chi connectivity index (χ3n) is 2.99. The molecule has 0 saturated carbocycles. The van der Waals surface area contributed by atoms with E-state index in [0.29, 0.717) is 6.54 Å². The summed E-state index contributed by atoms with van der Waals surface area (Å²) < 4.78 is 0. The quantitative estimate of drug-likeness (QED) is 0.720. The predicted molar refractivity (Wildman–Crippen MR) is 78.5 cm³/mol. The fraction of sp³-hybridized carbons (Fsp3) is 0.571. The smallest absolute Gasteiger partial charge is 0.0180 e. The Hall–Kier alpha value is -0.510. The Morgan fingerprint density at radius 2 is 1.88 bits per heavy atom. The second-order valence-corrected chi connectivity index (χ2v) is 5.36. The molecule has 0 heterocycles. The number of nitrogens with two attached hydrogens (primary N) is 1. The van der Waals surface area contributed by atoms with Crippen LogP contribution in [0.2, 0.25) is 0 Å². The number of hydrogen-bond acceptors (Lipinski definition) is 3. The van der Waals surface area contributed by atoms with Crippen molar-refractivity contribution in [3.8, 4) is 0 Å². The number of benzene rings is 1. The SMILES string of the molecule is CSCCCN(C)CCc1ccccc1CN. The van der Waals surface area contributed by atoms with Gasteiger partial charge in [0.25, 0.3) is 0 Å². The van der Waals surface area contributed by atoms with Gasteiger partial charge in [-0.2, -0.15) is 11.8 Å². The first-order valence-electron chi connectivity index (χ1n) is 6.22. The first kappa shape index (κ1) is 14.6. The monoisotopic (exact) mass is 252 g/mol. The summed E-state index contributed by atoms with van der Waals surface area (Å²) in [5.74, 6) is 1.25. The number of hydrogen-bond donors (Lipinski definition) is 1. The van der Waals surface area contributed by atoms with Crippen molar-refractivity contribution < 1.29 is 0 Å². The number of likely N-dealkylation sites (N-methyl/N-ethyl adjacent to an activating group) is 1. The van der Waals surface area contributed by atoms with E-state index < -0.39 is 0 Å². The minimum absolute atomic E-state index is 0.645. The van der Waals surface area contributed by atoms with Gasteiger partial charge in [-0.05, 0) is 49.6 Å². The Morgan fingerprint density at radius 1 is 1.18 bits per heavy atom. The lowest BCUT2D eigenvalue weighted by molar-refractivity contribution is 0.340. The van der Waals surface area contributed by atoms with E-state index >= 15 is 0 Å². The normalized spacial score (nSPS) is 11.1. The minimum Gasteiger partial charge on any atom is -0.326 e. The van der Waals surface area contributed by atoms with Gasteiger partial charge in [-0.1, -0.05) is 24.3 Å². The molecule has 1 rings (SSSR count). The minimum atomic E-state index is 0.645. The fourth-order valence-electron chi connectivity index (χ4n) is 1.90. The lowest BCUT2D eigenvalue weighted by atomic mass is 10.0. The predicted octanol–water partition coefficient (Wildman–Crippen LogP) is 2.37. The second-order valence-electron chi connectivity index (χ2n) is 4.37. The van der Waals surface area contributed by atoms with E-state index in [1.54, 1.807) is 0 Å². The molecule has 3 heteroatoms. The highest BCUT2D eigenvalue weighted by Gasteiger charge is 2.02. The standard InChI is InChI=1S/C14H24N2S/c1-16(9-5-11-17-2)10-8-13-6-3-4-7-14(13)12-15/h3-4,6-7H,5,8-12,15H2,1-2H3. The molecule has 0 amide bonds. The summed E-state index contributed by atoms with van der Waals surface area (Å²) >= 11 is 1.92. The van der Waals surface area contributed by atoms with Gasteiger partial charge in [0, 0.05) is 13.1 Å². The van der Waals surface area contributed by atoms with Gasteiger partial charge in [-0.3, -0.25) is 0 Å². The van der Waals surface area contributed by atoms with E-state index in [-0.39, 0.29) is 0 Å². The van der Waals surface area contributed by atoms with E-state index in [1.807, 2.05) is 11.8 Å². The van der Waals surface area contributed by atoms with E-state index in [2.05, 4.69) is 42.5 Å². The molecule has 96 valence electrons. The molecule has 0 radical (unpaired) electrons. The van der Waals surface area contributed by atoms with Crippen LogP contribution in [0.1, 0.15) is 17.5 Å². The molecule has 17 heavy (non-hydrogen) atoms. The van der Waals surface area contributed by atoms with Gasteiger partial charge >= 0.3 is 0 Å². The highest BCUT2D eigenvalue weighted by atomic mass is 32.2. The van der Waals surface area contributed by atoms with E-state index in [9.17, 15) is 0 Å². The van der Waals surface area contributed by atoms with E-state index in [0.717, 1.165) is 13.0 Å². The van der Waals surface area contributed by atoms with Crippen LogP contribution in [0.25, 0.3) is 0 Å². The van der Waals surface area contributed by atoms with Crippen LogP contribution >= 0.6 is 11.8 Å². The molecule has 0 saturated heterocycles. The topological polar surface area (TPSA) is 29.3 Å². The Kier molecular flexibility index (Phi) is 7.33. The number of thioether (sulfide) groups is 1. The molecule has 0 bridgehead atoms. The largest absolute Gasteiger partial charge is 0.326 e. The lowest BCUT2D eigenvalue weighted by Gasteiger charge is -2.17. The van der Waals surface area contributed by atoms with Crippen molar-refractivity contribution in [1.82, 2.24) is 4.90 Å². The molecule has 1 aromatic carbocycles. The van der Waals surface area contributed by atoms with Crippen LogP contribution in [0.5, 0.6) is 0 Å². The van der Waals surface area contributed by atoms with Crippen molar-refractivity contribution in [3.05, 3.63) is 35.4 Å². The van der Waals surface area contributed by atoms with Crippen LogP contribution in [0.4, 0.5) is 0 Å². The van der Waals surface area contributed by atoms with Crippen LogP contribution < -0.4 is 5.73 Å². The first-order valence-corrected chi connectivity index (χ1v) is 7.61. The molecule has 0 atom stereocenters. The van der Waals surface area contributed by atoms with Gasteiger partial charge < -0.3 is 10.6 Å². The molecular formula is C14H24N2S. The average Bonchev–Trinajstić information content (AvgIpc) is 2.37. The van der Waals surface area contributed by atoms with Gasteiger partial charge in [-0.15, -0.1) is 0 Å². The third-order valence-corrected chi connectivity index (χ3v) is 3.69. The highest BCUT2D eigenvalue weighted by molar-refractivity contribution is 7.98. The van der Waals surface area contributed by atoms with Gasteiger partial charge in [0.1, 0.15) is 0 Å². The van der Waals surface area contributed by atoms with Gasteiger partial charge in [-0.25, -0.2) is 0 Å². The zero-order valence-corrected chi connectivity index (χ0v) is 11.8. The molecular weight excluding hydrogens is 228 g/mol. The Morgan fingerprint density at radius 3 is 2.53 bits per heavy atom. The van der Waals surface area contributed by atoms with Crippen molar-refractivity contribution in [1.29, 1.82) is 0 Å². The summed E-state index contributed by atoms with van der Waals surface area (Å²) in [6.07, 6.45) is 4.54. The van der Waals surface area contributed by atoms with Crippen molar-refractivity contribution in [2.45, 2.75) is 19.4 Å². The number of rotatable bonds is 8. The summed E-state index contributed by atoms with van der Waals surface area (Å²) in [7, 11) is 2.20. The van der Waals surface area contributed by atoms with Crippen LogP contribution in [-0.4, -0.2) is 37.0 Å². The molecule has 0 unspecified atom stereocenters. The zero-order valence-electron chi connectivity index (χ0n) is 11.0. The Balaban J connectivity index is 2.33. The third kappa shape index (κ3) is 5.57.